The van der Waals surface area contributed by atoms with E-state index in [9.17, 15) is 9.59 Å². The van der Waals surface area contributed by atoms with E-state index in [-0.39, 0.29) is 11.1 Å². The summed E-state index contributed by atoms with van der Waals surface area (Å²) < 4.78 is 7.43. The maximum atomic E-state index is 12.0. The molecule has 0 saturated carbocycles. The van der Waals surface area contributed by atoms with Gasteiger partial charge >= 0.3 is 5.97 Å². The Balaban J connectivity index is 1.36. The molecular weight excluding hydrogens is 414 g/mol. The molecule has 0 aliphatic carbocycles. The second kappa shape index (κ2) is 9.01. The van der Waals surface area contributed by atoms with Crippen LogP contribution in [-0.4, -0.2) is 25.8 Å². The number of aliphatic carboxylic acids is 1. The first-order chi connectivity index (χ1) is 15.0. The van der Waals surface area contributed by atoms with Gasteiger partial charge in [0, 0.05) is 17.1 Å². The first-order valence-electron chi connectivity index (χ1n) is 9.73. The third-order valence-electron chi connectivity index (χ3n) is 4.87. The number of carboxylic acids is 1. The van der Waals surface area contributed by atoms with Crippen LogP contribution in [0.5, 0.6) is 5.75 Å². The second-order valence-electron chi connectivity index (χ2n) is 7.16. The van der Waals surface area contributed by atoms with Crippen LogP contribution in [0.25, 0.3) is 10.6 Å². The molecule has 1 atom stereocenters. The number of benzene rings is 2. The minimum Gasteiger partial charge on any atom is -0.487 e. The van der Waals surface area contributed by atoms with Crippen LogP contribution in [0.15, 0.2) is 71.0 Å². The molecule has 7 nitrogen and oxygen atoms in total. The molecule has 0 bridgehead atoms. The number of hydrogen-bond donors (Lipinski definition) is 2. The van der Waals surface area contributed by atoms with Crippen molar-refractivity contribution in [1.82, 2.24) is 14.8 Å². The molecule has 31 heavy (non-hydrogen) atoms. The fraction of sp³-hybridized carbons (Fsp3) is 0.174. The molecule has 4 aromatic rings. The van der Waals surface area contributed by atoms with E-state index in [2.05, 4.69) is 10.1 Å². The summed E-state index contributed by atoms with van der Waals surface area (Å²) in [6, 6.07) is 17.6. The number of rotatable bonds is 8. The normalized spacial score (nSPS) is 11.9. The highest BCUT2D eigenvalue weighted by Crippen LogP contribution is 2.24. The molecular formula is C23H21N3O4S. The number of nitrogens with zero attached hydrogens (tertiary/aromatic N) is 2. The van der Waals surface area contributed by atoms with Gasteiger partial charge in [-0.3, -0.25) is 19.4 Å². The molecule has 2 aromatic carbocycles. The van der Waals surface area contributed by atoms with Gasteiger partial charge in [0.25, 0.3) is 5.56 Å². The van der Waals surface area contributed by atoms with Crippen molar-refractivity contribution in [1.29, 1.82) is 0 Å². The van der Waals surface area contributed by atoms with Gasteiger partial charge in [-0.25, -0.2) is 4.98 Å². The first kappa shape index (κ1) is 20.6. The molecule has 0 spiro atoms. The maximum Gasteiger partial charge on any atom is 0.310 e. The van der Waals surface area contributed by atoms with Crippen molar-refractivity contribution < 1.29 is 14.6 Å². The largest absolute Gasteiger partial charge is 0.487 e. The minimum absolute atomic E-state index is 0.241. The molecule has 0 aliphatic heterocycles. The van der Waals surface area contributed by atoms with E-state index >= 15 is 0 Å². The molecule has 4 rings (SSSR count). The van der Waals surface area contributed by atoms with E-state index in [0.29, 0.717) is 13.2 Å². The highest BCUT2D eigenvalue weighted by atomic mass is 32.1. The standard InChI is InChI=1S/C23H21N3O4S/c1-15(23(28)29)20-12-26(25-21(20)27)11-16-7-9-19(10-8-16)30-13-18-14-31-22(24-18)17-5-3-2-4-6-17/h2-10,12,14-15H,11,13H2,1H3,(H,25,27)(H,28,29). The van der Waals surface area contributed by atoms with Crippen LogP contribution in [0.2, 0.25) is 0 Å². The van der Waals surface area contributed by atoms with Crippen LogP contribution in [0.1, 0.15) is 29.7 Å². The van der Waals surface area contributed by atoms with Crippen molar-refractivity contribution in [3.05, 3.63) is 93.3 Å². The van der Waals surface area contributed by atoms with Gasteiger partial charge in [0.1, 0.15) is 17.4 Å². The van der Waals surface area contributed by atoms with Crippen LogP contribution >= 0.6 is 11.3 Å². The van der Waals surface area contributed by atoms with Crippen molar-refractivity contribution in [3.8, 4) is 16.3 Å². The summed E-state index contributed by atoms with van der Waals surface area (Å²) in [5.41, 5.74) is 2.77. The lowest BCUT2D eigenvalue weighted by atomic mass is 10.1. The van der Waals surface area contributed by atoms with E-state index in [1.54, 1.807) is 22.2 Å². The average Bonchev–Trinajstić information content (AvgIpc) is 3.40. The van der Waals surface area contributed by atoms with Gasteiger partial charge in [0.15, 0.2) is 0 Å². The fourth-order valence-electron chi connectivity index (χ4n) is 3.11. The predicted octanol–water partition coefficient (Wildman–Crippen LogP) is 4.12. The number of aromatic amines is 1. The molecule has 2 heterocycles. The Labute approximate surface area is 182 Å². The summed E-state index contributed by atoms with van der Waals surface area (Å²) in [7, 11) is 0. The summed E-state index contributed by atoms with van der Waals surface area (Å²) in [5.74, 6) is -1.16. The number of carbonyl (C=O) groups is 1. The lowest BCUT2D eigenvalue weighted by Gasteiger charge is -2.07. The Morgan fingerprint density at radius 2 is 1.94 bits per heavy atom. The van der Waals surface area contributed by atoms with Crippen molar-refractivity contribution >= 4 is 17.3 Å². The molecule has 0 amide bonds. The highest BCUT2D eigenvalue weighted by molar-refractivity contribution is 7.13. The van der Waals surface area contributed by atoms with Gasteiger partial charge in [-0.2, -0.15) is 0 Å². The molecule has 0 saturated heterocycles. The van der Waals surface area contributed by atoms with E-state index in [0.717, 1.165) is 27.6 Å². The summed E-state index contributed by atoms with van der Waals surface area (Å²) in [6.07, 6.45) is 1.55. The highest BCUT2D eigenvalue weighted by Gasteiger charge is 2.19. The van der Waals surface area contributed by atoms with Crippen molar-refractivity contribution in [2.24, 2.45) is 0 Å². The van der Waals surface area contributed by atoms with Crippen LogP contribution in [-0.2, 0) is 17.9 Å². The quantitative estimate of drug-likeness (QED) is 0.434. The van der Waals surface area contributed by atoms with E-state index in [1.807, 2.05) is 60.0 Å². The Morgan fingerprint density at radius 3 is 2.65 bits per heavy atom. The molecule has 0 radical (unpaired) electrons. The summed E-state index contributed by atoms with van der Waals surface area (Å²) in [4.78, 5) is 27.7. The Bertz CT molecular complexity index is 1230. The van der Waals surface area contributed by atoms with Gasteiger partial charge < -0.3 is 9.84 Å². The second-order valence-corrected chi connectivity index (χ2v) is 8.01. The number of nitrogens with one attached hydrogen (secondary N) is 1. The lowest BCUT2D eigenvalue weighted by molar-refractivity contribution is -0.138. The van der Waals surface area contributed by atoms with Crippen LogP contribution in [0, 0.1) is 0 Å². The topological polar surface area (TPSA) is 97.2 Å². The zero-order chi connectivity index (χ0) is 21.8. The van der Waals surface area contributed by atoms with Crippen LogP contribution < -0.4 is 10.3 Å². The molecule has 0 fully saturated rings. The molecule has 2 aromatic heterocycles. The van der Waals surface area contributed by atoms with Crippen molar-refractivity contribution in [3.63, 3.8) is 0 Å². The van der Waals surface area contributed by atoms with E-state index in [4.69, 9.17) is 9.84 Å². The smallest absolute Gasteiger partial charge is 0.310 e. The summed E-state index contributed by atoms with van der Waals surface area (Å²) >= 11 is 1.59. The molecule has 1 unspecified atom stereocenters. The molecule has 158 valence electrons. The first-order valence-corrected chi connectivity index (χ1v) is 10.6. The number of thiazole rings is 1. The Hall–Kier alpha value is -3.65. The monoisotopic (exact) mass is 435 g/mol. The van der Waals surface area contributed by atoms with Crippen LogP contribution in [0.4, 0.5) is 0 Å². The third-order valence-corrected chi connectivity index (χ3v) is 5.81. The van der Waals surface area contributed by atoms with Gasteiger partial charge in [0.2, 0.25) is 0 Å². The maximum absolute atomic E-state index is 12.0. The lowest BCUT2D eigenvalue weighted by Crippen LogP contribution is -2.15. The van der Waals surface area contributed by atoms with Gasteiger partial charge in [-0.1, -0.05) is 42.5 Å². The summed E-state index contributed by atoms with van der Waals surface area (Å²) in [6.45, 7) is 2.30. The Morgan fingerprint density at radius 1 is 1.19 bits per heavy atom. The number of carboxylic acid groups (broad SMARTS) is 1. The van der Waals surface area contributed by atoms with Gasteiger partial charge in [-0.05, 0) is 24.6 Å². The van der Waals surface area contributed by atoms with E-state index < -0.39 is 11.9 Å². The summed E-state index contributed by atoms with van der Waals surface area (Å²) in [5, 5.41) is 14.7. The number of aromatic nitrogens is 3. The van der Waals surface area contributed by atoms with Gasteiger partial charge in [0.05, 0.1) is 23.7 Å². The third kappa shape index (κ3) is 4.92. The van der Waals surface area contributed by atoms with Crippen LogP contribution in [0.3, 0.4) is 0 Å². The molecule has 0 aliphatic rings. The zero-order valence-corrected chi connectivity index (χ0v) is 17.6. The predicted molar refractivity (Wildman–Crippen MR) is 119 cm³/mol. The Kier molecular flexibility index (Phi) is 5.99. The minimum atomic E-state index is -1.03. The number of hydrogen-bond acceptors (Lipinski definition) is 5. The van der Waals surface area contributed by atoms with Crippen molar-refractivity contribution in [2.75, 3.05) is 0 Å². The average molecular weight is 436 g/mol. The molecule has 8 heteroatoms. The number of H-pyrrole nitrogens is 1. The van der Waals surface area contributed by atoms with Gasteiger partial charge in [-0.15, -0.1) is 11.3 Å². The van der Waals surface area contributed by atoms with E-state index in [1.165, 1.54) is 6.92 Å². The van der Waals surface area contributed by atoms with Crippen molar-refractivity contribution in [2.45, 2.75) is 26.0 Å². The fourth-order valence-corrected chi connectivity index (χ4v) is 3.92. The SMILES string of the molecule is CC(C(=O)O)c1cn(Cc2ccc(OCc3csc(-c4ccccc4)n3)cc2)[nH]c1=O. The molecule has 2 N–H and O–H groups in total. The zero-order valence-electron chi connectivity index (χ0n) is 16.8. The number of ether oxygens (including phenoxy) is 1.